The summed E-state index contributed by atoms with van der Waals surface area (Å²) in [5, 5.41) is 0. The lowest BCUT2D eigenvalue weighted by Crippen LogP contribution is -3.00. The first-order valence-corrected chi connectivity index (χ1v) is 7.18. The number of benzene rings is 1. The third-order valence-electron chi connectivity index (χ3n) is 4.70. The normalized spacial score (nSPS) is 36.6. The quantitative estimate of drug-likeness (QED) is 0.528. The smallest absolute Gasteiger partial charge is 0.112 e. The lowest BCUT2D eigenvalue weighted by Gasteiger charge is -2.38. The predicted molar refractivity (Wildman–Crippen MR) is 70.5 cm³/mol. The van der Waals surface area contributed by atoms with Crippen LogP contribution in [0.2, 0.25) is 0 Å². The molecule has 17 heavy (non-hydrogen) atoms. The van der Waals surface area contributed by atoms with Gasteiger partial charge in [-0.1, -0.05) is 46.3 Å². The van der Waals surface area contributed by atoms with E-state index in [1.807, 2.05) is 0 Å². The molecule has 0 radical (unpaired) electrons. The second-order valence-electron chi connectivity index (χ2n) is 5.46. The van der Waals surface area contributed by atoms with Crippen molar-refractivity contribution in [3.8, 4) is 0 Å². The molecule has 2 fully saturated rings. The maximum Gasteiger partial charge on any atom is 0.112 e. The Morgan fingerprint density at radius 1 is 1.24 bits per heavy atom. The predicted octanol–water partition coefficient (Wildman–Crippen LogP) is 0.365. The van der Waals surface area contributed by atoms with Gasteiger partial charge >= 0.3 is 0 Å². The molecule has 2 aliphatic rings. The maximum atomic E-state index is 3.86. The van der Waals surface area contributed by atoms with Crippen LogP contribution in [-0.2, 0) is 0 Å². The minimum atomic E-state index is 0. The van der Waals surface area contributed by atoms with E-state index in [1.54, 1.807) is 0 Å². The van der Waals surface area contributed by atoms with Crippen LogP contribution >= 0.6 is 15.9 Å². The van der Waals surface area contributed by atoms with Gasteiger partial charge in [-0.15, -0.1) is 0 Å². The summed E-state index contributed by atoms with van der Waals surface area (Å²) in [7, 11) is 0. The first kappa shape index (κ1) is 13.6. The van der Waals surface area contributed by atoms with E-state index in [4.69, 9.17) is 0 Å². The molecule has 4 atom stereocenters. The summed E-state index contributed by atoms with van der Waals surface area (Å²) in [6.07, 6.45) is 1.41. The highest BCUT2D eigenvalue weighted by Crippen LogP contribution is 2.45. The van der Waals surface area contributed by atoms with Gasteiger partial charge in [0.1, 0.15) is 6.04 Å². The van der Waals surface area contributed by atoms with E-state index in [-0.39, 0.29) is 17.0 Å². The molecule has 2 saturated heterocycles. The van der Waals surface area contributed by atoms with Crippen LogP contribution in [0, 0.1) is 5.92 Å². The zero-order chi connectivity index (χ0) is 11.2. The van der Waals surface area contributed by atoms with E-state index in [1.165, 1.54) is 36.1 Å². The van der Waals surface area contributed by atoms with Gasteiger partial charge < -0.3 is 21.5 Å². The summed E-state index contributed by atoms with van der Waals surface area (Å²) in [5.41, 5.74) is 1.50. The van der Waals surface area contributed by atoms with Gasteiger partial charge in [-0.25, -0.2) is 0 Å². The van der Waals surface area contributed by atoms with Gasteiger partial charge in [0.25, 0.3) is 0 Å². The number of halogens is 2. The van der Waals surface area contributed by atoms with E-state index >= 15 is 0 Å². The summed E-state index contributed by atoms with van der Waals surface area (Å²) >= 11 is 3.86. The molecule has 0 spiro atoms. The Morgan fingerprint density at radius 2 is 1.94 bits per heavy atom. The van der Waals surface area contributed by atoms with Crippen molar-refractivity contribution in [3.63, 3.8) is 0 Å². The standard InChI is InChI=1S/C14H19BrN.BrH/c1-11(12-5-3-2-4-6-12)16-8-7-13(9-16)14(15)10-16;/h2-6,11,13-14H,7-10H2,1H3;1H/q+1;/p-1/t11-,13+,14?,16?;/m0./s1. The molecule has 0 aliphatic carbocycles. The SMILES string of the molecule is C[C@@H](c1ccccc1)[N+]12CC[C@H](C1)C(Br)C2.[Br-]. The van der Waals surface area contributed by atoms with Crippen LogP contribution in [0.5, 0.6) is 0 Å². The van der Waals surface area contributed by atoms with Crippen LogP contribution < -0.4 is 17.0 Å². The largest absolute Gasteiger partial charge is 1.00 e. The fourth-order valence-corrected chi connectivity index (χ4v) is 4.60. The second kappa shape index (κ2) is 5.02. The minimum Gasteiger partial charge on any atom is -1.00 e. The van der Waals surface area contributed by atoms with Crippen LogP contribution in [0.3, 0.4) is 0 Å². The van der Waals surface area contributed by atoms with Gasteiger partial charge in [0.05, 0.1) is 24.5 Å². The van der Waals surface area contributed by atoms with E-state index in [0.717, 1.165) is 10.7 Å². The number of hydrogen-bond donors (Lipinski definition) is 0. The molecule has 0 saturated carbocycles. The highest BCUT2D eigenvalue weighted by molar-refractivity contribution is 9.09. The highest BCUT2D eigenvalue weighted by Gasteiger charge is 2.52. The number of alkyl halides is 1. The van der Waals surface area contributed by atoms with Crippen LogP contribution in [0.15, 0.2) is 30.3 Å². The molecule has 3 rings (SSSR count). The fourth-order valence-electron chi connectivity index (χ4n) is 3.59. The van der Waals surface area contributed by atoms with Gasteiger partial charge in [0, 0.05) is 17.9 Å². The molecule has 2 bridgehead atoms. The molecule has 1 aromatic rings. The van der Waals surface area contributed by atoms with Crippen molar-refractivity contribution in [2.75, 3.05) is 19.6 Å². The number of fused-ring (bicyclic) bond motifs is 2. The zero-order valence-electron chi connectivity index (χ0n) is 10.2. The monoisotopic (exact) mass is 359 g/mol. The number of quaternary nitrogens is 1. The molecule has 2 aliphatic heterocycles. The van der Waals surface area contributed by atoms with Crippen molar-refractivity contribution in [2.45, 2.75) is 24.2 Å². The number of hydrogen-bond acceptors (Lipinski definition) is 0. The molecular formula is C14H19Br2N. The van der Waals surface area contributed by atoms with Gasteiger partial charge in [0.2, 0.25) is 0 Å². The van der Waals surface area contributed by atoms with Crippen LogP contribution in [-0.4, -0.2) is 28.9 Å². The fraction of sp³-hybridized carbons (Fsp3) is 0.571. The van der Waals surface area contributed by atoms with Gasteiger partial charge in [-0.3, -0.25) is 0 Å². The van der Waals surface area contributed by atoms with E-state index < -0.39 is 0 Å². The molecule has 0 amide bonds. The maximum absolute atomic E-state index is 3.86. The van der Waals surface area contributed by atoms with Crippen molar-refractivity contribution in [1.29, 1.82) is 0 Å². The van der Waals surface area contributed by atoms with Crippen molar-refractivity contribution < 1.29 is 21.5 Å². The molecule has 1 nitrogen and oxygen atoms in total. The number of rotatable bonds is 2. The van der Waals surface area contributed by atoms with E-state index in [2.05, 4.69) is 53.2 Å². The first-order valence-electron chi connectivity index (χ1n) is 6.26. The van der Waals surface area contributed by atoms with Crippen molar-refractivity contribution in [1.82, 2.24) is 0 Å². The number of nitrogens with zero attached hydrogens (tertiary/aromatic N) is 1. The molecule has 94 valence electrons. The second-order valence-corrected chi connectivity index (χ2v) is 6.63. The third kappa shape index (κ3) is 2.22. The molecule has 3 heteroatoms. The van der Waals surface area contributed by atoms with Gasteiger partial charge in [-0.05, 0) is 6.92 Å². The summed E-state index contributed by atoms with van der Waals surface area (Å²) < 4.78 is 1.31. The molecule has 0 aromatic heterocycles. The Labute approximate surface area is 123 Å². The van der Waals surface area contributed by atoms with Crippen LogP contribution in [0.4, 0.5) is 0 Å². The van der Waals surface area contributed by atoms with Gasteiger partial charge in [0.15, 0.2) is 0 Å². The van der Waals surface area contributed by atoms with E-state index in [9.17, 15) is 0 Å². The van der Waals surface area contributed by atoms with Crippen molar-refractivity contribution >= 4 is 15.9 Å². The zero-order valence-corrected chi connectivity index (χ0v) is 13.3. The summed E-state index contributed by atoms with van der Waals surface area (Å²) in [5.74, 6) is 0.922. The topological polar surface area (TPSA) is 0 Å². The average molecular weight is 361 g/mol. The Morgan fingerprint density at radius 3 is 2.47 bits per heavy atom. The summed E-state index contributed by atoms with van der Waals surface area (Å²) in [6, 6.07) is 11.7. The van der Waals surface area contributed by atoms with Gasteiger partial charge in [-0.2, -0.15) is 0 Å². The number of piperidine rings is 1. The lowest BCUT2D eigenvalue weighted by atomic mass is 10.0. The summed E-state index contributed by atoms with van der Waals surface area (Å²) in [4.78, 5) is 0.757. The lowest BCUT2D eigenvalue weighted by molar-refractivity contribution is -0.936. The van der Waals surface area contributed by atoms with E-state index in [0.29, 0.717) is 6.04 Å². The Balaban J connectivity index is 0.00000108. The van der Waals surface area contributed by atoms with Crippen molar-refractivity contribution in [2.24, 2.45) is 5.92 Å². The Hall–Kier alpha value is 0.140. The Bertz CT molecular complexity index is 377. The third-order valence-corrected chi connectivity index (χ3v) is 5.73. The highest BCUT2D eigenvalue weighted by atomic mass is 79.9. The molecular weight excluding hydrogens is 342 g/mol. The van der Waals surface area contributed by atoms with Crippen LogP contribution in [0.25, 0.3) is 0 Å². The average Bonchev–Trinajstić information content (AvgIpc) is 2.87. The first-order chi connectivity index (χ1) is 7.71. The molecule has 0 N–H and O–H groups in total. The molecule has 2 heterocycles. The van der Waals surface area contributed by atoms with Crippen LogP contribution in [0.1, 0.15) is 24.9 Å². The van der Waals surface area contributed by atoms with Crippen molar-refractivity contribution in [3.05, 3.63) is 35.9 Å². The summed E-state index contributed by atoms with van der Waals surface area (Å²) in [6.45, 7) is 6.48. The molecule has 2 unspecified atom stereocenters. The minimum absolute atomic E-state index is 0. The molecule has 1 aromatic carbocycles. The Kier molecular flexibility index (Phi) is 4.01.